The predicted octanol–water partition coefficient (Wildman–Crippen LogP) is 4.61. The van der Waals surface area contributed by atoms with Gasteiger partial charge in [-0.1, -0.05) is 30.3 Å². The molecule has 0 spiro atoms. The van der Waals surface area contributed by atoms with E-state index >= 15 is 0 Å². The first-order chi connectivity index (χ1) is 12.7. The second-order valence-corrected chi connectivity index (χ2v) is 7.70. The van der Waals surface area contributed by atoms with Gasteiger partial charge in [-0.25, -0.2) is 0 Å². The molecule has 1 aliphatic heterocycles. The lowest BCUT2D eigenvalue weighted by Gasteiger charge is -2.24. The summed E-state index contributed by atoms with van der Waals surface area (Å²) in [7, 11) is 0. The van der Waals surface area contributed by atoms with E-state index in [0.29, 0.717) is 6.54 Å². The Hall–Kier alpha value is -2.40. The van der Waals surface area contributed by atoms with Crippen LogP contribution in [0.1, 0.15) is 25.1 Å². The van der Waals surface area contributed by atoms with Crippen molar-refractivity contribution in [2.45, 2.75) is 24.3 Å². The minimum atomic E-state index is -0.161. The number of amides is 1. The molecular formula is C21H22N2O2S. The topological polar surface area (TPSA) is 45.5 Å². The van der Waals surface area contributed by atoms with Gasteiger partial charge in [0.2, 0.25) is 5.91 Å². The third-order valence-electron chi connectivity index (χ3n) is 4.62. The van der Waals surface area contributed by atoms with Crippen molar-refractivity contribution in [3.05, 3.63) is 60.4 Å². The van der Waals surface area contributed by atoms with E-state index in [1.807, 2.05) is 55.1 Å². The third kappa shape index (κ3) is 3.58. The molecule has 26 heavy (non-hydrogen) atoms. The summed E-state index contributed by atoms with van der Waals surface area (Å²) in [6.45, 7) is 3.22. The summed E-state index contributed by atoms with van der Waals surface area (Å²) in [6.07, 6.45) is 1.08. The molecule has 5 heteroatoms. The molecular weight excluding hydrogens is 344 g/mol. The van der Waals surface area contributed by atoms with Gasteiger partial charge in [0.1, 0.15) is 11.3 Å². The van der Waals surface area contributed by atoms with Crippen molar-refractivity contribution in [3.8, 4) is 0 Å². The van der Waals surface area contributed by atoms with Gasteiger partial charge >= 0.3 is 0 Å². The SMILES string of the molecule is C[C@H](NC(=O)CN1CCCSc2ccccc21)c1cc2ccccc2o1. The Kier molecular flexibility index (Phi) is 4.89. The number of carbonyl (C=O) groups excluding carboxylic acids is 1. The Morgan fingerprint density at radius 1 is 1.23 bits per heavy atom. The number of hydrogen-bond acceptors (Lipinski definition) is 4. The van der Waals surface area contributed by atoms with Gasteiger partial charge in [0.15, 0.2) is 0 Å². The summed E-state index contributed by atoms with van der Waals surface area (Å²) >= 11 is 1.87. The van der Waals surface area contributed by atoms with Crippen molar-refractivity contribution in [1.82, 2.24) is 5.32 Å². The Morgan fingerprint density at radius 3 is 2.92 bits per heavy atom. The van der Waals surface area contributed by atoms with E-state index in [0.717, 1.165) is 41.1 Å². The summed E-state index contributed by atoms with van der Waals surface area (Å²) in [6, 6.07) is 18.1. The summed E-state index contributed by atoms with van der Waals surface area (Å²) in [5, 5.41) is 4.13. The minimum absolute atomic E-state index is 0.0136. The molecule has 0 aliphatic carbocycles. The van der Waals surface area contributed by atoms with Crippen LogP contribution < -0.4 is 10.2 Å². The van der Waals surface area contributed by atoms with Crippen LogP contribution in [0.2, 0.25) is 0 Å². The summed E-state index contributed by atoms with van der Waals surface area (Å²) in [5.74, 6) is 1.89. The molecule has 1 N–H and O–H groups in total. The third-order valence-corrected chi connectivity index (χ3v) is 5.77. The van der Waals surface area contributed by atoms with Gasteiger partial charge in [0.25, 0.3) is 0 Å². The molecule has 2 heterocycles. The van der Waals surface area contributed by atoms with Crippen molar-refractivity contribution in [1.29, 1.82) is 0 Å². The van der Waals surface area contributed by atoms with E-state index in [4.69, 9.17) is 4.42 Å². The Morgan fingerprint density at radius 2 is 2.04 bits per heavy atom. The lowest BCUT2D eigenvalue weighted by atomic mass is 10.2. The average Bonchev–Trinajstić information content (AvgIpc) is 2.99. The van der Waals surface area contributed by atoms with Gasteiger partial charge in [-0.2, -0.15) is 0 Å². The first kappa shape index (κ1) is 17.0. The number of thioether (sulfide) groups is 1. The second-order valence-electron chi connectivity index (χ2n) is 6.57. The zero-order valence-corrected chi connectivity index (χ0v) is 15.6. The molecule has 0 fully saturated rings. The van der Waals surface area contributed by atoms with E-state index in [-0.39, 0.29) is 11.9 Å². The van der Waals surface area contributed by atoms with Crippen molar-refractivity contribution in [2.75, 3.05) is 23.7 Å². The fourth-order valence-electron chi connectivity index (χ4n) is 3.31. The van der Waals surface area contributed by atoms with Gasteiger partial charge in [0, 0.05) is 16.8 Å². The second kappa shape index (κ2) is 7.46. The molecule has 0 bridgehead atoms. The molecule has 1 aromatic heterocycles. The van der Waals surface area contributed by atoms with Crippen molar-refractivity contribution in [3.63, 3.8) is 0 Å². The molecule has 3 aromatic rings. The lowest BCUT2D eigenvalue weighted by Crippen LogP contribution is -2.38. The molecule has 4 rings (SSSR count). The van der Waals surface area contributed by atoms with Crippen molar-refractivity contribution < 1.29 is 9.21 Å². The number of anilines is 1. The fraction of sp³-hybridized carbons (Fsp3) is 0.286. The Balaban J connectivity index is 1.45. The maximum Gasteiger partial charge on any atom is 0.240 e. The number of hydrogen-bond donors (Lipinski definition) is 1. The van der Waals surface area contributed by atoms with E-state index in [1.165, 1.54) is 4.90 Å². The molecule has 134 valence electrons. The first-order valence-electron chi connectivity index (χ1n) is 8.95. The highest BCUT2D eigenvalue weighted by atomic mass is 32.2. The molecule has 1 atom stereocenters. The van der Waals surface area contributed by atoms with E-state index in [1.54, 1.807) is 0 Å². The number of carbonyl (C=O) groups is 1. The smallest absolute Gasteiger partial charge is 0.240 e. The standard InChI is InChI=1S/C21H22N2O2S/c1-15(19-13-16-7-2-4-9-18(16)25-19)22-21(24)14-23-11-6-12-26-20-10-5-3-8-17(20)23/h2-5,7-10,13,15H,6,11-12,14H2,1H3,(H,22,24)/t15-/m0/s1. The largest absolute Gasteiger partial charge is 0.459 e. The lowest BCUT2D eigenvalue weighted by molar-refractivity contribution is -0.120. The highest BCUT2D eigenvalue weighted by molar-refractivity contribution is 7.99. The number of nitrogens with one attached hydrogen (secondary N) is 1. The molecule has 0 saturated carbocycles. The highest BCUT2D eigenvalue weighted by Gasteiger charge is 2.20. The van der Waals surface area contributed by atoms with E-state index in [2.05, 4.69) is 28.4 Å². The zero-order valence-electron chi connectivity index (χ0n) is 14.8. The van der Waals surface area contributed by atoms with Crippen LogP contribution in [0.25, 0.3) is 11.0 Å². The number of para-hydroxylation sites is 2. The maximum absolute atomic E-state index is 12.6. The number of furan rings is 1. The summed E-state index contributed by atoms with van der Waals surface area (Å²) < 4.78 is 5.87. The first-order valence-corrected chi connectivity index (χ1v) is 9.94. The zero-order chi connectivity index (χ0) is 17.9. The quantitative estimate of drug-likeness (QED) is 0.732. The average molecular weight is 366 g/mol. The number of rotatable bonds is 4. The summed E-state index contributed by atoms with van der Waals surface area (Å²) in [5.41, 5.74) is 2.00. The van der Waals surface area contributed by atoms with Crippen LogP contribution in [-0.4, -0.2) is 24.7 Å². The molecule has 1 aliphatic rings. The fourth-order valence-corrected chi connectivity index (χ4v) is 4.32. The van der Waals surface area contributed by atoms with Crippen molar-refractivity contribution >= 4 is 34.3 Å². The number of nitrogens with zero attached hydrogens (tertiary/aromatic N) is 1. The normalized spacial score (nSPS) is 15.3. The Labute approximate surface area is 157 Å². The predicted molar refractivity (Wildman–Crippen MR) is 107 cm³/mol. The summed E-state index contributed by atoms with van der Waals surface area (Å²) in [4.78, 5) is 16.1. The molecule has 2 aromatic carbocycles. The van der Waals surface area contributed by atoms with E-state index < -0.39 is 0 Å². The van der Waals surface area contributed by atoms with Crippen LogP contribution in [0.15, 0.2) is 63.9 Å². The van der Waals surface area contributed by atoms with Crippen LogP contribution >= 0.6 is 11.8 Å². The van der Waals surface area contributed by atoms with Crippen LogP contribution in [0.3, 0.4) is 0 Å². The van der Waals surface area contributed by atoms with Gasteiger partial charge < -0.3 is 14.6 Å². The van der Waals surface area contributed by atoms with Gasteiger partial charge in [-0.3, -0.25) is 4.79 Å². The van der Waals surface area contributed by atoms with Crippen molar-refractivity contribution in [2.24, 2.45) is 0 Å². The molecule has 0 saturated heterocycles. The van der Waals surface area contributed by atoms with Crippen LogP contribution in [0.4, 0.5) is 5.69 Å². The molecule has 0 radical (unpaired) electrons. The van der Waals surface area contributed by atoms with E-state index in [9.17, 15) is 4.79 Å². The van der Waals surface area contributed by atoms with Crippen LogP contribution in [0, 0.1) is 0 Å². The highest BCUT2D eigenvalue weighted by Crippen LogP contribution is 2.33. The monoisotopic (exact) mass is 366 g/mol. The number of benzene rings is 2. The number of fused-ring (bicyclic) bond motifs is 2. The molecule has 4 nitrogen and oxygen atoms in total. The molecule has 1 amide bonds. The van der Waals surface area contributed by atoms with Gasteiger partial charge in [-0.05, 0) is 43.4 Å². The molecule has 0 unspecified atom stereocenters. The van der Waals surface area contributed by atoms with Crippen LogP contribution in [0.5, 0.6) is 0 Å². The van der Waals surface area contributed by atoms with Gasteiger partial charge in [-0.15, -0.1) is 11.8 Å². The minimum Gasteiger partial charge on any atom is -0.459 e. The van der Waals surface area contributed by atoms with Gasteiger partial charge in [0.05, 0.1) is 18.3 Å². The Bertz CT molecular complexity index is 888. The maximum atomic E-state index is 12.6. The van der Waals surface area contributed by atoms with Crippen LogP contribution in [-0.2, 0) is 4.79 Å².